The average Bonchev–Trinajstić information content (AvgIpc) is 3.03. The molecule has 0 aliphatic heterocycles. The smallest absolute Gasteiger partial charge is 0.215 e. The Morgan fingerprint density at radius 2 is 1.37 bits per heavy atom. The molecule has 0 saturated heterocycles. The van der Waals surface area contributed by atoms with Gasteiger partial charge in [-0.15, -0.1) is 10.2 Å². The molecule has 0 bridgehead atoms. The van der Waals surface area contributed by atoms with Gasteiger partial charge in [-0.1, -0.05) is 65.9 Å². The lowest BCUT2D eigenvalue weighted by Gasteiger charge is -2.25. The number of nitrogens with zero attached hydrogens (tertiary/aromatic N) is 3. The van der Waals surface area contributed by atoms with Crippen molar-refractivity contribution in [2.24, 2.45) is 0 Å². The average molecular weight is 252 g/mol. The van der Waals surface area contributed by atoms with Crippen molar-refractivity contribution in [3.63, 3.8) is 0 Å². The predicted molar refractivity (Wildman–Crippen MR) is 69.2 cm³/mol. The zero-order chi connectivity index (χ0) is 13.1. The van der Waals surface area contributed by atoms with Crippen LogP contribution in [0, 0.1) is 0 Å². The number of rotatable bonds is 3. The number of benzene rings is 2. The third kappa shape index (κ3) is 1.90. The van der Waals surface area contributed by atoms with E-state index in [2.05, 4.69) is 20.6 Å². The molecule has 5 heteroatoms. The normalized spacial score (nSPS) is 11.4. The number of aromatic amines is 1. The fourth-order valence-corrected chi connectivity index (χ4v) is 2.10. The first-order valence-corrected chi connectivity index (χ1v) is 5.89. The highest BCUT2D eigenvalue weighted by Gasteiger charge is 2.37. The molecule has 5 nitrogen and oxygen atoms in total. The summed E-state index contributed by atoms with van der Waals surface area (Å²) in [7, 11) is 0. The van der Waals surface area contributed by atoms with Crippen LogP contribution in [0.3, 0.4) is 0 Å². The molecular formula is C14H12N4O. The van der Waals surface area contributed by atoms with Crippen molar-refractivity contribution in [3.05, 3.63) is 77.6 Å². The molecule has 0 unspecified atom stereocenters. The van der Waals surface area contributed by atoms with Crippen molar-refractivity contribution in [1.82, 2.24) is 20.6 Å². The van der Waals surface area contributed by atoms with E-state index in [-0.39, 0.29) is 5.82 Å². The summed E-state index contributed by atoms with van der Waals surface area (Å²) in [6, 6.07) is 18.6. The Morgan fingerprint density at radius 3 is 1.79 bits per heavy atom. The first-order chi connectivity index (χ1) is 9.32. The number of hydrogen-bond donors (Lipinski definition) is 2. The molecule has 1 aromatic heterocycles. The van der Waals surface area contributed by atoms with Crippen LogP contribution in [0.1, 0.15) is 17.0 Å². The molecule has 0 aliphatic rings. The Bertz CT molecular complexity index is 598. The highest BCUT2D eigenvalue weighted by molar-refractivity contribution is 5.41. The second kappa shape index (κ2) is 4.62. The highest BCUT2D eigenvalue weighted by atomic mass is 16.3. The van der Waals surface area contributed by atoms with Gasteiger partial charge in [-0.2, -0.15) is 5.21 Å². The Hall–Kier alpha value is -2.53. The number of aliphatic hydroxyl groups is 1. The third-order valence-corrected chi connectivity index (χ3v) is 3.05. The molecule has 3 aromatic rings. The molecule has 0 aliphatic carbocycles. The zero-order valence-corrected chi connectivity index (χ0v) is 10.1. The van der Waals surface area contributed by atoms with Gasteiger partial charge >= 0.3 is 0 Å². The number of H-pyrrole nitrogens is 1. The summed E-state index contributed by atoms with van der Waals surface area (Å²) < 4.78 is 0. The van der Waals surface area contributed by atoms with Gasteiger partial charge in [0.25, 0.3) is 0 Å². The summed E-state index contributed by atoms with van der Waals surface area (Å²) >= 11 is 0. The zero-order valence-electron chi connectivity index (χ0n) is 10.1. The monoisotopic (exact) mass is 252 g/mol. The van der Waals surface area contributed by atoms with Crippen molar-refractivity contribution in [3.8, 4) is 0 Å². The van der Waals surface area contributed by atoms with E-state index in [1.807, 2.05) is 60.7 Å². The van der Waals surface area contributed by atoms with Gasteiger partial charge in [0.1, 0.15) is 0 Å². The Kier molecular flexibility index (Phi) is 2.81. The number of aromatic nitrogens is 4. The topological polar surface area (TPSA) is 74.7 Å². The lowest BCUT2D eigenvalue weighted by Crippen LogP contribution is -2.30. The van der Waals surface area contributed by atoms with Crippen LogP contribution >= 0.6 is 0 Å². The summed E-state index contributed by atoms with van der Waals surface area (Å²) in [4.78, 5) is 0. The molecule has 0 spiro atoms. The van der Waals surface area contributed by atoms with E-state index in [1.54, 1.807) is 0 Å². The van der Waals surface area contributed by atoms with Gasteiger partial charge in [-0.3, -0.25) is 0 Å². The van der Waals surface area contributed by atoms with Crippen LogP contribution < -0.4 is 0 Å². The molecule has 94 valence electrons. The van der Waals surface area contributed by atoms with E-state index in [9.17, 15) is 5.11 Å². The maximum absolute atomic E-state index is 11.1. The van der Waals surface area contributed by atoms with Gasteiger partial charge in [0, 0.05) is 0 Å². The van der Waals surface area contributed by atoms with Gasteiger partial charge < -0.3 is 5.11 Å². The fourth-order valence-electron chi connectivity index (χ4n) is 2.10. The summed E-state index contributed by atoms with van der Waals surface area (Å²) in [5, 5.41) is 24.9. The van der Waals surface area contributed by atoms with Crippen LogP contribution in [0.25, 0.3) is 0 Å². The summed E-state index contributed by atoms with van der Waals surface area (Å²) in [5.74, 6) is 0.227. The molecule has 1 heterocycles. The van der Waals surface area contributed by atoms with Gasteiger partial charge in [0.2, 0.25) is 5.82 Å². The van der Waals surface area contributed by atoms with Crippen molar-refractivity contribution < 1.29 is 5.11 Å². The third-order valence-electron chi connectivity index (χ3n) is 3.05. The molecule has 0 radical (unpaired) electrons. The van der Waals surface area contributed by atoms with Gasteiger partial charge in [-0.25, -0.2) is 0 Å². The highest BCUT2D eigenvalue weighted by Crippen LogP contribution is 2.33. The largest absolute Gasteiger partial charge is 0.373 e. The van der Waals surface area contributed by atoms with Crippen LogP contribution in [0.15, 0.2) is 60.7 Å². The molecule has 0 amide bonds. The first kappa shape index (κ1) is 11.6. The SMILES string of the molecule is OC(c1ccccc1)(c1ccccc1)c1nn[nH]n1. The molecule has 19 heavy (non-hydrogen) atoms. The molecule has 0 atom stereocenters. The standard InChI is InChI=1S/C14H12N4O/c19-14(13-15-17-18-16-13,11-7-3-1-4-8-11)12-9-5-2-6-10-12/h1-10,19H,(H,15,16,17,18). The van der Waals surface area contributed by atoms with E-state index in [0.29, 0.717) is 11.1 Å². The number of nitrogens with one attached hydrogen (secondary N) is 1. The lowest BCUT2D eigenvalue weighted by atomic mass is 9.86. The molecule has 0 saturated carbocycles. The van der Waals surface area contributed by atoms with Crippen molar-refractivity contribution in [1.29, 1.82) is 0 Å². The second-order valence-electron chi connectivity index (χ2n) is 4.18. The molecule has 2 N–H and O–H groups in total. The quantitative estimate of drug-likeness (QED) is 0.740. The van der Waals surface area contributed by atoms with Crippen molar-refractivity contribution >= 4 is 0 Å². The predicted octanol–water partition coefficient (Wildman–Crippen LogP) is 1.48. The summed E-state index contributed by atoms with van der Waals surface area (Å²) in [6.45, 7) is 0. The minimum absolute atomic E-state index is 0.227. The fraction of sp³-hybridized carbons (Fsp3) is 0.0714. The molecule has 3 rings (SSSR count). The van der Waals surface area contributed by atoms with Crippen LogP contribution in [-0.4, -0.2) is 25.7 Å². The van der Waals surface area contributed by atoms with Crippen LogP contribution in [0.5, 0.6) is 0 Å². The Morgan fingerprint density at radius 1 is 0.842 bits per heavy atom. The lowest BCUT2D eigenvalue weighted by molar-refractivity contribution is 0.115. The van der Waals surface area contributed by atoms with Gasteiger partial charge in [0.15, 0.2) is 5.60 Å². The van der Waals surface area contributed by atoms with E-state index < -0.39 is 5.60 Å². The molecule has 0 fully saturated rings. The molecular weight excluding hydrogens is 240 g/mol. The van der Waals surface area contributed by atoms with Crippen LogP contribution in [-0.2, 0) is 5.60 Å². The van der Waals surface area contributed by atoms with E-state index in [4.69, 9.17) is 0 Å². The van der Waals surface area contributed by atoms with Crippen molar-refractivity contribution in [2.45, 2.75) is 5.60 Å². The van der Waals surface area contributed by atoms with E-state index in [0.717, 1.165) is 0 Å². The maximum atomic E-state index is 11.1. The van der Waals surface area contributed by atoms with Crippen molar-refractivity contribution in [2.75, 3.05) is 0 Å². The second-order valence-corrected chi connectivity index (χ2v) is 4.18. The number of hydrogen-bond acceptors (Lipinski definition) is 4. The Labute approximate surface area is 109 Å². The van der Waals surface area contributed by atoms with Crippen LogP contribution in [0.2, 0.25) is 0 Å². The summed E-state index contributed by atoms with van der Waals surface area (Å²) in [6.07, 6.45) is 0. The maximum Gasteiger partial charge on any atom is 0.215 e. The van der Waals surface area contributed by atoms with Gasteiger partial charge in [-0.05, 0) is 11.1 Å². The van der Waals surface area contributed by atoms with E-state index >= 15 is 0 Å². The van der Waals surface area contributed by atoms with E-state index in [1.165, 1.54) is 0 Å². The van der Waals surface area contributed by atoms with Gasteiger partial charge in [0.05, 0.1) is 0 Å². The minimum atomic E-state index is -1.41. The number of tetrazole rings is 1. The summed E-state index contributed by atoms with van der Waals surface area (Å²) in [5.41, 5.74) is -0.0135. The minimum Gasteiger partial charge on any atom is -0.373 e. The van der Waals surface area contributed by atoms with Crippen LogP contribution in [0.4, 0.5) is 0 Å². The first-order valence-electron chi connectivity index (χ1n) is 5.89. The molecule has 2 aromatic carbocycles. The Balaban J connectivity index is 2.23.